The first-order valence-corrected chi connectivity index (χ1v) is 9.23. The molecule has 2 bridgehead atoms. The van der Waals surface area contributed by atoms with Gasteiger partial charge in [-0.15, -0.1) is 0 Å². The Labute approximate surface area is 149 Å². The highest BCUT2D eigenvalue weighted by molar-refractivity contribution is 5.80. The van der Waals surface area contributed by atoms with Crippen molar-refractivity contribution in [1.82, 2.24) is 10.6 Å². The second-order valence-corrected chi connectivity index (χ2v) is 6.47. The SMILES string of the molecule is CCNC(=NCc1ccc(OC)c(OCC)c1)NC1CC2CCC1O2. The Morgan fingerprint density at radius 2 is 2.16 bits per heavy atom. The molecule has 1 aromatic rings. The molecule has 2 fully saturated rings. The first-order valence-electron chi connectivity index (χ1n) is 9.23. The third-order valence-corrected chi connectivity index (χ3v) is 4.72. The fourth-order valence-electron chi connectivity index (χ4n) is 3.54. The van der Waals surface area contributed by atoms with Crippen molar-refractivity contribution in [2.75, 3.05) is 20.3 Å². The third kappa shape index (κ3) is 4.37. The molecule has 6 nitrogen and oxygen atoms in total. The second kappa shape index (κ2) is 8.43. The Morgan fingerprint density at radius 1 is 1.28 bits per heavy atom. The molecule has 3 unspecified atom stereocenters. The van der Waals surface area contributed by atoms with Crippen LogP contribution in [-0.4, -0.2) is 44.5 Å². The van der Waals surface area contributed by atoms with Crippen LogP contribution in [0.25, 0.3) is 0 Å². The number of methoxy groups -OCH3 is 1. The predicted molar refractivity (Wildman–Crippen MR) is 98.4 cm³/mol. The lowest BCUT2D eigenvalue weighted by Crippen LogP contribution is -2.47. The van der Waals surface area contributed by atoms with E-state index in [1.807, 2.05) is 25.1 Å². The van der Waals surface area contributed by atoms with Crippen molar-refractivity contribution in [1.29, 1.82) is 0 Å². The van der Waals surface area contributed by atoms with Gasteiger partial charge >= 0.3 is 0 Å². The number of hydrogen-bond donors (Lipinski definition) is 2. The number of aliphatic imine (C=N–C) groups is 1. The summed E-state index contributed by atoms with van der Waals surface area (Å²) in [7, 11) is 1.65. The largest absolute Gasteiger partial charge is 0.493 e. The Morgan fingerprint density at radius 3 is 2.80 bits per heavy atom. The number of rotatable bonds is 7. The van der Waals surface area contributed by atoms with E-state index in [0.717, 1.165) is 42.4 Å². The van der Waals surface area contributed by atoms with Gasteiger partial charge in [-0.2, -0.15) is 0 Å². The Balaban J connectivity index is 1.65. The van der Waals surface area contributed by atoms with Crippen LogP contribution in [-0.2, 0) is 11.3 Å². The summed E-state index contributed by atoms with van der Waals surface area (Å²) < 4.78 is 16.9. The molecule has 2 aliphatic heterocycles. The molecule has 2 aliphatic rings. The summed E-state index contributed by atoms with van der Waals surface area (Å²) in [5.41, 5.74) is 1.09. The van der Waals surface area contributed by atoms with Gasteiger partial charge in [-0.05, 0) is 50.8 Å². The van der Waals surface area contributed by atoms with Crippen molar-refractivity contribution in [3.05, 3.63) is 23.8 Å². The van der Waals surface area contributed by atoms with Gasteiger partial charge < -0.3 is 24.8 Å². The van der Waals surface area contributed by atoms with Crippen molar-refractivity contribution in [3.63, 3.8) is 0 Å². The topological polar surface area (TPSA) is 64.1 Å². The molecule has 0 saturated carbocycles. The van der Waals surface area contributed by atoms with Crippen LogP contribution in [0.2, 0.25) is 0 Å². The smallest absolute Gasteiger partial charge is 0.191 e. The van der Waals surface area contributed by atoms with Gasteiger partial charge in [0.15, 0.2) is 17.5 Å². The van der Waals surface area contributed by atoms with E-state index in [1.165, 1.54) is 6.42 Å². The Kier molecular flexibility index (Phi) is 6.02. The predicted octanol–water partition coefficient (Wildman–Crippen LogP) is 2.47. The zero-order chi connectivity index (χ0) is 17.6. The Hall–Kier alpha value is -1.95. The van der Waals surface area contributed by atoms with Crippen LogP contribution >= 0.6 is 0 Å². The molecule has 0 aromatic heterocycles. The summed E-state index contributed by atoms with van der Waals surface area (Å²) in [4.78, 5) is 4.73. The lowest BCUT2D eigenvalue weighted by atomic mass is 9.96. The standard InChI is InChI=1S/C19H29N3O3/c1-4-20-19(22-15-11-14-7-9-16(15)25-14)21-12-13-6-8-17(23-3)18(10-13)24-5-2/h6,8,10,14-16H,4-5,7,9,11-12H2,1-3H3,(H2,20,21,22). The van der Waals surface area contributed by atoms with E-state index in [9.17, 15) is 0 Å². The van der Waals surface area contributed by atoms with Gasteiger partial charge in [0.25, 0.3) is 0 Å². The lowest BCUT2D eigenvalue weighted by Gasteiger charge is -2.22. The molecule has 25 heavy (non-hydrogen) atoms. The molecule has 3 rings (SSSR count). The number of nitrogens with zero attached hydrogens (tertiary/aromatic N) is 1. The second-order valence-electron chi connectivity index (χ2n) is 6.47. The Bertz CT molecular complexity index is 606. The monoisotopic (exact) mass is 347 g/mol. The number of fused-ring (bicyclic) bond motifs is 2. The van der Waals surface area contributed by atoms with Gasteiger partial charge in [0, 0.05) is 6.54 Å². The molecule has 6 heteroatoms. The van der Waals surface area contributed by atoms with Crippen molar-refractivity contribution in [2.45, 2.75) is 57.9 Å². The van der Waals surface area contributed by atoms with Crippen LogP contribution in [0.15, 0.2) is 23.2 Å². The first kappa shape index (κ1) is 17.9. The van der Waals surface area contributed by atoms with E-state index in [-0.39, 0.29) is 0 Å². The first-order chi connectivity index (χ1) is 12.2. The van der Waals surface area contributed by atoms with Gasteiger partial charge in [-0.3, -0.25) is 0 Å². The minimum Gasteiger partial charge on any atom is -0.493 e. The molecule has 2 N–H and O–H groups in total. The maximum absolute atomic E-state index is 5.92. The number of ether oxygens (including phenoxy) is 3. The molecule has 2 heterocycles. The number of nitrogens with one attached hydrogen (secondary N) is 2. The summed E-state index contributed by atoms with van der Waals surface area (Å²) in [5.74, 6) is 2.35. The summed E-state index contributed by atoms with van der Waals surface area (Å²) >= 11 is 0. The maximum Gasteiger partial charge on any atom is 0.191 e. The molecule has 0 aliphatic carbocycles. The summed E-state index contributed by atoms with van der Waals surface area (Å²) in [6, 6.07) is 6.32. The fourth-order valence-corrected chi connectivity index (χ4v) is 3.54. The summed E-state index contributed by atoms with van der Waals surface area (Å²) in [5, 5.41) is 6.87. The molecule has 0 spiro atoms. The fraction of sp³-hybridized carbons (Fsp3) is 0.632. The van der Waals surface area contributed by atoms with E-state index in [1.54, 1.807) is 7.11 Å². The molecule has 1 aromatic carbocycles. The van der Waals surface area contributed by atoms with E-state index in [0.29, 0.717) is 31.4 Å². The van der Waals surface area contributed by atoms with Gasteiger partial charge in [0.1, 0.15) is 0 Å². The summed E-state index contributed by atoms with van der Waals surface area (Å²) in [6.45, 7) is 6.07. The quantitative estimate of drug-likeness (QED) is 0.586. The number of benzene rings is 1. The third-order valence-electron chi connectivity index (χ3n) is 4.72. The highest BCUT2D eigenvalue weighted by Crippen LogP contribution is 2.34. The van der Waals surface area contributed by atoms with Gasteiger partial charge in [-0.25, -0.2) is 4.99 Å². The van der Waals surface area contributed by atoms with E-state index < -0.39 is 0 Å². The van der Waals surface area contributed by atoms with Gasteiger partial charge in [-0.1, -0.05) is 6.07 Å². The van der Waals surface area contributed by atoms with Crippen LogP contribution in [0.5, 0.6) is 11.5 Å². The maximum atomic E-state index is 5.92. The molecule has 3 atom stereocenters. The van der Waals surface area contributed by atoms with Gasteiger partial charge in [0.2, 0.25) is 0 Å². The molecular formula is C19H29N3O3. The number of guanidine groups is 1. The zero-order valence-electron chi connectivity index (χ0n) is 15.4. The van der Waals surface area contributed by atoms with Crippen molar-refractivity contribution in [3.8, 4) is 11.5 Å². The average molecular weight is 347 g/mol. The molecular weight excluding hydrogens is 318 g/mol. The van der Waals surface area contributed by atoms with Crippen molar-refractivity contribution < 1.29 is 14.2 Å². The van der Waals surface area contributed by atoms with E-state index in [2.05, 4.69) is 17.6 Å². The zero-order valence-corrected chi connectivity index (χ0v) is 15.4. The summed E-state index contributed by atoms with van der Waals surface area (Å²) in [6.07, 6.45) is 4.19. The van der Waals surface area contributed by atoms with Crippen molar-refractivity contribution in [2.24, 2.45) is 4.99 Å². The minimum atomic E-state index is 0.333. The number of hydrogen-bond acceptors (Lipinski definition) is 4. The van der Waals surface area contributed by atoms with E-state index >= 15 is 0 Å². The molecule has 2 saturated heterocycles. The highest BCUT2D eigenvalue weighted by Gasteiger charge is 2.41. The van der Waals surface area contributed by atoms with Crippen LogP contribution < -0.4 is 20.1 Å². The molecule has 0 radical (unpaired) electrons. The molecule has 0 amide bonds. The molecule has 138 valence electrons. The average Bonchev–Trinajstić information content (AvgIpc) is 3.23. The van der Waals surface area contributed by atoms with Crippen LogP contribution in [0.3, 0.4) is 0 Å². The van der Waals surface area contributed by atoms with Crippen LogP contribution in [0.1, 0.15) is 38.7 Å². The minimum absolute atomic E-state index is 0.333. The normalized spacial score (nSPS) is 25.1. The van der Waals surface area contributed by atoms with E-state index in [4.69, 9.17) is 19.2 Å². The van der Waals surface area contributed by atoms with Crippen LogP contribution in [0, 0.1) is 0 Å². The highest BCUT2D eigenvalue weighted by atomic mass is 16.5. The lowest BCUT2D eigenvalue weighted by molar-refractivity contribution is 0.0992. The van der Waals surface area contributed by atoms with Crippen molar-refractivity contribution >= 4 is 5.96 Å². The van der Waals surface area contributed by atoms with Gasteiger partial charge in [0.05, 0.1) is 38.5 Å². The van der Waals surface area contributed by atoms with Crippen LogP contribution in [0.4, 0.5) is 0 Å².